The highest BCUT2D eigenvalue weighted by Gasteiger charge is 2.45. The first kappa shape index (κ1) is 14.6. The van der Waals surface area contributed by atoms with Crippen molar-refractivity contribution in [2.24, 2.45) is 0 Å². The number of pyridine rings is 1. The van der Waals surface area contributed by atoms with E-state index >= 15 is 0 Å². The number of aromatic nitrogens is 1. The summed E-state index contributed by atoms with van der Waals surface area (Å²) in [5.74, 6) is 0. The van der Waals surface area contributed by atoms with Crippen molar-refractivity contribution in [1.82, 2.24) is 14.8 Å². The van der Waals surface area contributed by atoms with Gasteiger partial charge in [0, 0.05) is 44.1 Å². The maximum absolute atomic E-state index is 6.31. The Kier molecular flexibility index (Phi) is 3.93. The molecular formula is C18H27N3O. The smallest absolute Gasteiger partial charge is 0.0723 e. The third kappa shape index (κ3) is 3.05. The molecule has 0 bridgehead atoms. The molecule has 22 heavy (non-hydrogen) atoms. The fourth-order valence-electron chi connectivity index (χ4n) is 4.08. The Balaban J connectivity index is 1.30. The van der Waals surface area contributed by atoms with Gasteiger partial charge >= 0.3 is 0 Å². The van der Waals surface area contributed by atoms with Crippen LogP contribution in [0.4, 0.5) is 0 Å². The molecule has 1 aliphatic carbocycles. The third-order valence-corrected chi connectivity index (χ3v) is 5.78. The zero-order valence-electron chi connectivity index (χ0n) is 13.6. The molecule has 0 radical (unpaired) electrons. The molecule has 120 valence electrons. The van der Waals surface area contributed by atoms with Crippen LogP contribution in [0.1, 0.15) is 37.7 Å². The van der Waals surface area contributed by atoms with E-state index in [0.29, 0.717) is 6.04 Å². The van der Waals surface area contributed by atoms with Gasteiger partial charge in [-0.15, -0.1) is 0 Å². The van der Waals surface area contributed by atoms with Gasteiger partial charge in [-0.05, 0) is 50.8 Å². The second-order valence-electron chi connectivity index (χ2n) is 7.39. The van der Waals surface area contributed by atoms with Crippen LogP contribution in [0.3, 0.4) is 0 Å². The van der Waals surface area contributed by atoms with E-state index in [2.05, 4.69) is 27.9 Å². The minimum Gasteiger partial charge on any atom is -0.373 e. The van der Waals surface area contributed by atoms with E-state index in [1.54, 1.807) is 0 Å². The highest BCUT2D eigenvalue weighted by molar-refractivity contribution is 5.09. The highest BCUT2D eigenvalue weighted by Crippen LogP contribution is 2.40. The molecule has 4 nitrogen and oxygen atoms in total. The van der Waals surface area contributed by atoms with Crippen molar-refractivity contribution in [2.75, 3.05) is 26.7 Å². The first-order valence-corrected chi connectivity index (χ1v) is 8.71. The molecule has 1 unspecified atom stereocenters. The number of likely N-dealkylation sites (tertiary alicyclic amines) is 1. The van der Waals surface area contributed by atoms with Crippen LogP contribution in [0.15, 0.2) is 24.5 Å². The molecule has 3 aliphatic rings. The minimum atomic E-state index is 0.166. The lowest BCUT2D eigenvalue weighted by molar-refractivity contribution is -0.0452. The van der Waals surface area contributed by atoms with Crippen LogP contribution in [0.2, 0.25) is 0 Å². The van der Waals surface area contributed by atoms with Gasteiger partial charge in [0.05, 0.1) is 12.2 Å². The fraction of sp³-hybridized carbons (Fsp3) is 0.722. The van der Waals surface area contributed by atoms with Crippen molar-refractivity contribution in [3.63, 3.8) is 0 Å². The molecule has 1 aromatic rings. The Bertz CT molecular complexity index is 494. The number of rotatable bonds is 4. The summed E-state index contributed by atoms with van der Waals surface area (Å²) in [6, 6.07) is 5.69. The monoisotopic (exact) mass is 301 g/mol. The van der Waals surface area contributed by atoms with Gasteiger partial charge in [-0.2, -0.15) is 0 Å². The highest BCUT2D eigenvalue weighted by atomic mass is 16.5. The number of hydrogen-bond acceptors (Lipinski definition) is 4. The lowest BCUT2D eigenvalue weighted by atomic mass is 9.87. The van der Waals surface area contributed by atoms with Crippen molar-refractivity contribution in [2.45, 2.75) is 56.3 Å². The van der Waals surface area contributed by atoms with Crippen LogP contribution in [0, 0.1) is 0 Å². The fourth-order valence-corrected chi connectivity index (χ4v) is 4.08. The Hall–Kier alpha value is -0.970. The quantitative estimate of drug-likeness (QED) is 0.853. The third-order valence-electron chi connectivity index (χ3n) is 5.78. The van der Waals surface area contributed by atoms with Gasteiger partial charge in [-0.25, -0.2) is 0 Å². The van der Waals surface area contributed by atoms with E-state index in [1.165, 1.54) is 37.7 Å². The molecule has 1 atom stereocenters. The second-order valence-corrected chi connectivity index (χ2v) is 7.39. The van der Waals surface area contributed by atoms with Crippen molar-refractivity contribution < 1.29 is 4.74 Å². The predicted molar refractivity (Wildman–Crippen MR) is 86.6 cm³/mol. The summed E-state index contributed by atoms with van der Waals surface area (Å²) in [7, 11) is 2.29. The topological polar surface area (TPSA) is 28.6 Å². The maximum Gasteiger partial charge on any atom is 0.0723 e. The van der Waals surface area contributed by atoms with Gasteiger partial charge in [0.25, 0.3) is 0 Å². The van der Waals surface area contributed by atoms with E-state index in [9.17, 15) is 0 Å². The summed E-state index contributed by atoms with van der Waals surface area (Å²) in [6.07, 6.45) is 10.2. The van der Waals surface area contributed by atoms with E-state index in [4.69, 9.17) is 4.74 Å². The van der Waals surface area contributed by atoms with Crippen molar-refractivity contribution >= 4 is 0 Å². The van der Waals surface area contributed by atoms with Gasteiger partial charge < -0.3 is 4.74 Å². The van der Waals surface area contributed by atoms with Crippen molar-refractivity contribution in [3.8, 4) is 0 Å². The molecule has 1 saturated carbocycles. The van der Waals surface area contributed by atoms with E-state index in [1.807, 2.05) is 18.5 Å². The van der Waals surface area contributed by atoms with Gasteiger partial charge in [0.15, 0.2) is 0 Å². The molecule has 1 spiro atoms. The van der Waals surface area contributed by atoms with Gasteiger partial charge in [-0.3, -0.25) is 14.8 Å². The second kappa shape index (κ2) is 5.91. The number of likely N-dealkylation sites (N-methyl/N-ethyl adjacent to an activating group) is 1. The lowest BCUT2D eigenvalue weighted by Gasteiger charge is -2.39. The van der Waals surface area contributed by atoms with Crippen LogP contribution in [-0.4, -0.2) is 59.2 Å². The zero-order valence-corrected chi connectivity index (χ0v) is 13.6. The Labute approximate surface area is 133 Å². The maximum atomic E-state index is 6.31. The molecule has 0 N–H and O–H groups in total. The first-order valence-electron chi connectivity index (χ1n) is 8.71. The predicted octanol–water partition coefficient (Wildman–Crippen LogP) is 2.30. The molecule has 0 amide bonds. The van der Waals surface area contributed by atoms with Gasteiger partial charge in [-0.1, -0.05) is 6.07 Å². The van der Waals surface area contributed by atoms with Crippen molar-refractivity contribution in [1.29, 1.82) is 0 Å². The zero-order chi connectivity index (χ0) is 15.0. The summed E-state index contributed by atoms with van der Waals surface area (Å²) in [4.78, 5) is 9.34. The number of nitrogens with zero attached hydrogens (tertiary/aromatic N) is 3. The lowest BCUT2D eigenvalue weighted by Crippen LogP contribution is -2.44. The summed E-state index contributed by atoms with van der Waals surface area (Å²) < 4.78 is 6.31. The molecule has 4 rings (SSSR count). The first-order chi connectivity index (χ1) is 10.7. The largest absolute Gasteiger partial charge is 0.373 e. The summed E-state index contributed by atoms with van der Waals surface area (Å²) in [5, 5.41) is 0. The average molecular weight is 301 g/mol. The Morgan fingerprint density at radius 3 is 2.82 bits per heavy atom. The standard InChI is InChI=1S/C18H27N3O/c1-20(16-4-5-16)17-11-18(22-14-17)6-9-21(10-7-18)13-15-3-2-8-19-12-15/h2-3,8,12,16-17H,4-7,9-11,13-14H2,1H3. The van der Waals surface area contributed by atoms with Crippen molar-refractivity contribution in [3.05, 3.63) is 30.1 Å². The average Bonchev–Trinajstić information content (AvgIpc) is 3.32. The normalized spacial score (nSPS) is 28.5. The SMILES string of the molecule is CN(C1CC1)C1COC2(CCN(Cc3cccnc3)CC2)C1. The number of piperidine rings is 1. The number of hydrogen-bond donors (Lipinski definition) is 0. The minimum absolute atomic E-state index is 0.166. The summed E-state index contributed by atoms with van der Waals surface area (Å²) in [6.45, 7) is 4.26. The molecule has 3 fully saturated rings. The van der Waals surface area contributed by atoms with Crippen LogP contribution >= 0.6 is 0 Å². The number of ether oxygens (including phenoxy) is 1. The van der Waals surface area contributed by atoms with E-state index < -0.39 is 0 Å². The molecule has 0 aromatic carbocycles. The van der Waals surface area contributed by atoms with Crippen LogP contribution < -0.4 is 0 Å². The Morgan fingerprint density at radius 2 is 2.14 bits per heavy atom. The van der Waals surface area contributed by atoms with E-state index in [-0.39, 0.29) is 5.60 Å². The molecule has 2 saturated heterocycles. The van der Waals surface area contributed by atoms with Crippen LogP contribution in [0.5, 0.6) is 0 Å². The Morgan fingerprint density at radius 1 is 1.32 bits per heavy atom. The van der Waals surface area contributed by atoms with Gasteiger partial charge in [0.2, 0.25) is 0 Å². The van der Waals surface area contributed by atoms with Crippen LogP contribution in [0.25, 0.3) is 0 Å². The summed E-state index contributed by atoms with van der Waals surface area (Å²) in [5.41, 5.74) is 1.48. The molecule has 2 aliphatic heterocycles. The van der Waals surface area contributed by atoms with Crippen LogP contribution in [-0.2, 0) is 11.3 Å². The van der Waals surface area contributed by atoms with Gasteiger partial charge in [0.1, 0.15) is 0 Å². The summed E-state index contributed by atoms with van der Waals surface area (Å²) >= 11 is 0. The molecule has 3 heterocycles. The molecule has 1 aromatic heterocycles. The van der Waals surface area contributed by atoms with E-state index in [0.717, 1.165) is 32.3 Å². The molecule has 4 heteroatoms. The molecular weight excluding hydrogens is 274 g/mol.